The van der Waals surface area contributed by atoms with Crippen LogP contribution in [0.4, 0.5) is 13.2 Å². The van der Waals surface area contributed by atoms with Crippen molar-refractivity contribution in [2.24, 2.45) is 5.41 Å². The molecule has 1 amide bonds. The zero-order chi connectivity index (χ0) is 31.1. The van der Waals surface area contributed by atoms with Gasteiger partial charge in [-0.1, -0.05) is 26.3 Å². The van der Waals surface area contributed by atoms with Crippen LogP contribution in [0.3, 0.4) is 0 Å². The molecule has 0 spiro atoms. The monoisotopic (exact) mass is 591 g/mol. The van der Waals surface area contributed by atoms with Gasteiger partial charge < -0.3 is 14.5 Å². The average molecular weight is 592 g/mol. The lowest BCUT2D eigenvalue weighted by Gasteiger charge is -2.44. The molecule has 43 heavy (non-hydrogen) atoms. The van der Waals surface area contributed by atoms with Gasteiger partial charge in [0.05, 0.1) is 11.7 Å². The van der Waals surface area contributed by atoms with Gasteiger partial charge in [0, 0.05) is 30.0 Å². The number of halogens is 3. The number of hydrogen-bond donors (Lipinski definition) is 1. The van der Waals surface area contributed by atoms with Crippen molar-refractivity contribution in [3.8, 4) is 22.5 Å². The number of fused-ring (bicyclic) bond motifs is 1. The molecule has 5 nitrogen and oxygen atoms in total. The maximum absolute atomic E-state index is 13.7. The standard InChI is InChI=1S/C35H36F3NO4/c1-6-7-22-13-30-28(31(33(41)39-5)32(43-30)21-8-10-23(36)11-9-21)15-27(22)25-14-26(20(3)12-19(25)2)29(40)18-35(4)16-24(17-35)42-34(37)38/h8-15,24,34H,6-7,16-18H2,1-5H3,(H,39,41). The van der Waals surface area contributed by atoms with Crippen molar-refractivity contribution in [2.75, 3.05) is 7.05 Å². The molecule has 5 rings (SSSR count). The van der Waals surface area contributed by atoms with Crippen LogP contribution in [0.25, 0.3) is 33.4 Å². The van der Waals surface area contributed by atoms with Gasteiger partial charge in [-0.05, 0) is 109 Å². The van der Waals surface area contributed by atoms with Crippen LogP contribution in [-0.4, -0.2) is 31.5 Å². The Morgan fingerprint density at radius 1 is 1.05 bits per heavy atom. The second kappa shape index (κ2) is 12.0. The van der Waals surface area contributed by atoms with E-state index in [2.05, 4.69) is 17.0 Å². The molecular weight excluding hydrogens is 555 g/mol. The fraction of sp³-hybridized carbons (Fsp3) is 0.371. The fourth-order valence-corrected chi connectivity index (χ4v) is 6.42. The molecule has 0 bridgehead atoms. The Hall–Kier alpha value is -3.91. The third-order valence-corrected chi connectivity index (χ3v) is 8.48. The van der Waals surface area contributed by atoms with E-state index in [0.29, 0.717) is 46.3 Å². The topological polar surface area (TPSA) is 68.5 Å². The smallest absolute Gasteiger partial charge is 0.345 e. The zero-order valence-electron chi connectivity index (χ0n) is 25.1. The number of furan rings is 1. The second-order valence-electron chi connectivity index (χ2n) is 12.0. The molecule has 1 heterocycles. The number of alkyl halides is 2. The van der Waals surface area contributed by atoms with E-state index in [1.807, 2.05) is 45.0 Å². The highest BCUT2D eigenvalue weighted by atomic mass is 19.3. The van der Waals surface area contributed by atoms with Gasteiger partial charge >= 0.3 is 6.61 Å². The molecule has 0 radical (unpaired) electrons. The quantitative estimate of drug-likeness (QED) is 0.187. The van der Waals surface area contributed by atoms with E-state index in [1.165, 1.54) is 12.1 Å². The minimum Gasteiger partial charge on any atom is -0.455 e. The molecule has 4 aromatic rings. The van der Waals surface area contributed by atoms with Gasteiger partial charge in [0.25, 0.3) is 5.91 Å². The van der Waals surface area contributed by atoms with Crippen molar-refractivity contribution in [3.05, 3.63) is 82.2 Å². The van der Waals surface area contributed by atoms with E-state index in [4.69, 9.17) is 4.42 Å². The summed E-state index contributed by atoms with van der Waals surface area (Å²) in [4.78, 5) is 26.8. The summed E-state index contributed by atoms with van der Waals surface area (Å²) >= 11 is 0. The van der Waals surface area contributed by atoms with Crippen LogP contribution in [0.2, 0.25) is 0 Å². The number of hydrogen-bond acceptors (Lipinski definition) is 4. The summed E-state index contributed by atoms with van der Waals surface area (Å²) in [5.41, 5.74) is 6.31. The number of nitrogens with one attached hydrogen (secondary N) is 1. The molecule has 3 aromatic carbocycles. The SMILES string of the molecule is CCCc1cc2oc(-c3ccc(F)cc3)c(C(=O)NC)c2cc1-c1cc(C(=O)CC2(C)CC(OC(F)F)C2)c(C)cc1C. The molecule has 0 aliphatic heterocycles. The van der Waals surface area contributed by atoms with Crippen LogP contribution in [0.5, 0.6) is 0 Å². The lowest BCUT2D eigenvalue weighted by molar-refractivity contribution is -0.204. The number of Topliss-reactive ketones (excluding diaryl/α,β-unsaturated/α-hetero) is 1. The molecule has 226 valence electrons. The zero-order valence-corrected chi connectivity index (χ0v) is 25.1. The Balaban J connectivity index is 1.60. The van der Waals surface area contributed by atoms with Gasteiger partial charge in [-0.3, -0.25) is 9.59 Å². The summed E-state index contributed by atoms with van der Waals surface area (Å²) in [6, 6.07) is 13.6. The minimum absolute atomic E-state index is 0.0391. The molecular formula is C35H36F3NO4. The lowest BCUT2D eigenvalue weighted by atomic mass is 9.65. The molecule has 0 unspecified atom stereocenters. The molecule has 1 fully saturated rings. The first kappa shape index (κ1) is 30.5. The molecule has 1 aromatic heterocycles. The van der Waals surface area contributed by atoms with Crippen molar-refractivity contribution in [3.63, 3.8) is 0 Å². The summed E-state index contributed by atoms with van der Waals surface area (Å²) in [5.74, 6) is -0.399. The average Bonchev–Trinajstić information content (AvgIpc) is 3.30. The van der Waals surface area contributed by atoms with E-state index >= 15 is 0 Å². The molecule has 1 aliphatic rings. The van der Waals surface area contributed by atoms with E-state index in [0.717, 1.165) is 40.7 Å². The van der Waals surface area contributed by atoms with Gasteiger partial charge in [-0.25, -0.2) is 4.39 Å². The summed E-state index contributed by atoms with van der Waals surface area (Å²) in [6.45, 7) is 5.10. The van der Waals surface area contributed by atoms with E-state index in [1.54, 1.807) is 19.2 Å². The maximum atomic E-state index is 13.7. The fourth-order valence-electron chi connectivity index (χ4n) is 6.42. The number of aryl methyl sites for hydroxylation is 3. The van der Waals surface area contributed by atoms with Crippen molar-refractivity contribution in [2.45, 2.75) is 72.5 Å². The molecule has 1 saturated carbocycles. The third kappa shape index (κ3) is 6.11. The first-order valence-corrected chi connectivity index (χ1v) is 14.6. The number of carbonyl (C=O) groups is 2. The predicted molar refractivity (Wildman–Crippen MR) is 161 cm³/mol. The third-order valence-electron chi connectivity index (χ3n) is 8.48. The summed E-state index contributed by atoms with van der Waals surface area (Å²) in [7, 11) is 1.55. The van der Waals surface area contributed by atoms with Crippen molar-refractivity contribution >= 4 is 22.7 Å². The normalized spacial score (nSPS) is 18.2. The van der Waals surface area contributed by atoms with Gasteiger partial charge in [-0.2, -0.15) is 8.78 Å². The van der Waals surface area contributed by atoms with Crippen LogP contribution in [-0.2, 0) is 11.2 Å². The highest BCUT2D eigenvalue weighted by molar-refractivity contribution is 6.12. The number of carbonyl (C=O) groups excluding carboxylic acids is 2. The van der Waals surface area contributed by atoms with E-state index in [-0.39, 0.29) is 23.9 Å². The number of benzene rings is 3. The predicted octanol–water partition coefficient (Wildman–Crippen LogP) is 8.82. The first-order valence-electron chi connectivity index (χ1n) is 14.6. The van der Waals surface area contributed by atoms with Crippen LogP contribution >= 0.6 is 0 Å². The Bertz CT molecular complexity index is 1680. The molecule has 8 heteroatoms. The molecule has 0 saturated heterocycles. The lowest BCUT2D eigenvalue weighted by Crippen LogP contribution is -2.42. The maximum Gasteiger partial charge on any atom is 0.345 e. The Morgan fingerprint density at radius 3 is 2.37 bits per heavy atom. The van der Waals surface area contributed by atoms with E-state index in [9.17, 15) is 22.8 Å². The minimum atomic E-state index is -2.81. The van der Waals surface area contributed by atoms with Crippen molar-refractivity contribution < 1.29 is 31.9 Å². The second-order valence-corrected chi connectivity index (χ2v) is 12.0. The summed E-state index contributed by atoms with van der Waals surface area (Å²) in [5, 5.41) is 3.32. The highest BCUT2D eigenvalue weighted by Crippen LogP contribution is 2.47. The van der Waals surface area contributed by atoms with Gasteiger partial charge in [-0.15, -0.1) is 0 Å². The highest BCUT2D eigenvalue weighted by Gasteiger charge is 2.43. The first-order chi connectivity index (χ1) is 20.4. The van der Waals surface area contributed by atoms with Crippen LogP contribution in [0.15, 0.2) is 52.9 Å². The van der Waals surface area contributed by atoms with Gasteiger partial charge in [0.15, 0.2) is 5.78 Å². The van der Waals surface area contributed by atoms with Crippen molar-refractivity contribution in [1.82, 2.24) is 5.32 Å². The summed E-state index contributed by atoms with van der Waals surface area (Å²) in [6.07, 6.45) is 2.15. The van der Waals surface area contributed by atoms with Gasteiger partial charge in [0.2, 0.25) is 0 Å². The number of amides is 1. The Labute approximate surface area is 249 Å². The number of ether oxygens (including phenoxy) is 1. The Morgan fingerprint density at radius 2 is 1.74 bits per heavy atom. The van der Waals surface area contributed by atoms with Gasteiger partial charge in [0.1, 0.15) is 17.2 Å². The summed E-state index contributed by atoms with van der Waals surface area (Å²) < 4.78 is 49.8. The largest absolute Gasteiger partial charge is 0.455 e. The number of rotatable bonds is 10. The molecule has 1 N–H and O–H groups in total. The molecule has 1 aliphatic carbocycles. The number of ketones is 1. The van der Waals surface area contributed by atoms with Crippen LogP contribution < -0.4 is 5.32 Å². The Kier molecular flexibility index (Phi) is 8.52. The van der Waals surface area contributed by atoms with Crippen LogP contribution in [0.1, 0.15) is 76.9 Å². The van der Waals surface area contributed by atoms with Crippen LogP contribution in [0, 0.1) is 25.1 Å². The van der Waals surface area contributed by atoms with Crippen molar-refractivity contribution in [1.29, 1.82) is 0 Å². The molecule has 0 atom stereocenters. The van der Waals surface area contributed by atoms with E-state index < -0.39 is 18.1 Å².